The van der Waals surface area contributed by atoms with E-state index in [-0.39, 0.29) is 0 Å². The third kappa shape index (κ3) is 1.81. The Bertz CT molecular complexity index is 553. The summed E-state index contributed by atoms with van der Waals surface area (Å²) in [5.41, 5.74) is 0.919. The summed E-state index contributed by atoms with van der Waals surface area (Å²) in [4.78, 5) is 11.6. The highest BCUT2D eigenvalue weighted by atomic mass is 79.9. The molecule has 0 aromatic carbocycles. The number of halogens is 2. The molecule has 0 aliphatic heterocycles. The highest BCUT2D eigenvalue weighted by Gasteiger charge is 2.17. The first-order chi connectivity index (χ1) is 7.65. The summed E-state index contributed by atoms with van der Waals surface area (Å²) in [5, 5.41) is 4.53. The maximum absolute atomic E-state index is 11.6. The number of fused-ring (bicyclic) bond motifs is 1. The summed E-state index contributed by atoms with van der Waals surface area (Å²) in [6.45, 7) is 2.07. The first-order valence-corrected chi connectivity index (χ1v) is 5.81. The molecule has 2 aromatic rings. The normalized spacial score (nSPS) is 10.7. The Morgan fingerprint density at radius 1 is 1.62 bits per heavy atom. The zero-order valence-electron chi connectivity index (χ0n) is 8.41. The number of hydrogen-bond donors (Lipinski definition) is 0. The van der Waals surface area contributed by atoms with Crippen LogP contribution in [-0.4, -0.2) is 22.2 Å². The van der Waals surface area contributed by atoms with Gasteiger partial charge in [0, 0.05) is 0 Å². The van der Waals surface area contributed by atoms with Gasteiger partial charge in [-0.3, -0.25) is 0 Å². The van der Waals surface area contributed by atoms with E-state index in [0.717, 1.165) is 4.60 Å². The molecule has 0 aliphatic carbocycles. The Morgan fingerprint density at radius 3 is 3.06 bits per heavy atom. The number of carbonyl (C=O) groups excluding carboxylic acids is 1. The molecule has 0 saturated heterocycles. The van der Waals surface area contributed by atoms with Crippen LogP contribution in [0, 0.1) is 0 Å². The molecule has 4 nitrogen and oxygen atoms in total. The molecule has 0 radical (unpaired) electrons. The van der Waals surface area contributed by atoms with Crippen LogP contribution in [0.1, 0.15) is 17.3 Å². The quantitative estimate of drug-likeness (QED) is 0.633. The minimum Gasteiger partial charge on any atom is -0.462 e. The Hall–Kier alpha value is -1.07. The minimum atomic E-state index is -0.419. The van der Waals surface area contributed by atoms with Gasteiger partial charge in [0.2, 0.25) is 0 Å². The summed E-state index contributed by atoms with van der Waals surface area (Å²) in [7, 11) is 0. The van der Waals surface area contributed by atoms with Gasteiger partial charge in [0.1, 0.15) is 15.7 Å². The van der Waals surface area contributed by atoms with Crippen molar-refractivity contribution in [1.82, 2.24) is 9.61 Å². The van der Waals surface area contributed by atoms with Crippen molar-refractivity contribution in [2.45, 2.75) is 6.92 Å². The van der Waals surface area contributed by atoms with Crippen LogP contribution in [0.25, 0.3) is 5.52 Å². The molecule has 0 bridgehead atoms. The molecule has 6 heteroatoms. The average Bonchev–Trinajstić information content (AvgIpc) is 2.69. The van der Waals surface area contributed by atoms with Gasteiger partial charge in [0.05, 0.1) is 17.8 Å². The molecule has 0 atom stereocenters. The van der Waals surface area contributed by atoms with E-state index in [1.807, 2.05) is 0 Å². The van der Waals surface area contributed by atoms with Gasteiger partial charge in [-0.1, -0.05) is 11.6 Å². The molecule has 0 spiro atoms. The zero-order valence-corrected chi connectivity index (χ0v) is 10.7. The van der Waals surface area contributed by atoms with Crippen LogP contribution >= 0.6 is 27.5 Å². The predicted molar refractivity (Wildman–Crippen MR) is 63.9 cm³/mol. The van der Waals surface area contributed by atoms with Gasteiger partial charge >= 0.3 is 5.97 Å². The van der Waals surface area contributed by atoms with Crippen molar-refractivity contribution in [2.24, 2.45) is 0 Å². The third-order valence-corrected chi connectivity index (χ3v) is 2.97. The fourth-order valence-corrected chi connectivity index (χ4v) is 2.04. The maximum Gasteiger partial charge on any atom is 0.342 e. The number of nitrogens with zero attached hydrogens (tertiary/aromatic N) is 2. The molecule has 16 heavy (non-hydrogen) atoms. The van der Waals surface area contributed by atoms with E-state index < -0.39 is 5.97 Å². The van der Waals surface area contributed by atoms with Gasteiger partial charge in [-0.15, -0.1) is 0 Å². The first-order valence-electron chi connectivity index (χ1n) is 4.64. The standard InChI is InChI=1S/C10H8BrClN2O2/c1-2-16-10(15)6-5-13-14-8(11)4-3-7(12)9(6)14/h3-5H,2H2,1H3. The summed E-state index contributed by atoms with van der Waals surface area (Å²) in [5.74, 6) is -0.419. The number of hydrogen-bond acceptors (Lipinski definition) is 3. The van der Waals surface area contributed by atoms with Gasteiger partial charge in [0.15, 0.2) is 0 Å². The van der Waals surface area contributed by atoms with Crippen molar-refractivity contribution < 1.29 is 9.53 Å². The van der Waals surface area contributed by atoms with Crippen molar-refractivity contribution >= 4 is 39.0 Å². The van der Waals surface area contributed by atoms with Crippen LogP contribution in [0.5, 0.6) is 0 Å². The number of aromatic nitrogens is 2. The molecule has 84 valence electrons. The Balaban J connectivity index is 2.64. The number of pyridine rings is 1. The maximum atomic E-state index is 11.6. The van der Waals surface area contributed by atoms with Crippen LogP contribution in [0.2, 0.25) is 5.02 Å². The monoisotopic (exact) mass is 302 g/mol. The van der Waals surface area contributed by atoms with Crippen molar-refractivity contribution in [3.63, 3.8) is 0 Å². The molecular weight excluding hydrogens is 295 g/mol. The van der Waals surface area contributed by atoms with Crippen molar-refractivity contribution in [1.29, 1.82) is 0 Å². The minimum absolute atomic E-state index is 0.321. The Kier molecular flexibility index (Phi) is 3.16. The number of esters is 1. The van der Waals surface area contributed by atoms with E-state index in [1.54, 1.807) is 23.6 Å². The Morgan fingerprint density at radius 2 is 2.38 bits per heavy atom. The molecule has 0 amide bonds. The van der Waals surface area contributed by atoms with Gasteiger partial charge in [-0.2, -0.15) is 5.10 Å². The van der Waals surface area contributed by atoms with Crippen LogP contribution in [0.4, 0.5) is 0 Å². The average molecular weight is 304 g/mol. The largest absolute Gasteiger partial charge is 0.462 e. The second-order valence-electron chi connectivity index (χ2n) is 3.04. The lowest BCUT2D eigenvalue weighted by molar-refractivity contribution is 0.0528. The topological polar surface area (TPSA) is 43.6 Å². The van der Waals surface area contributed by atoms with Crippen molar-refractivity contribution in [3.8, 4) is 0 Å². The molecule has 2 aromatic heterocycles. The predicted octanol–water partition coefficient (Wildman–Crippen LogP) is 2.93. The van der Waals surface area contributed by atoms with E-state index in [0.29, 0.717) is 22.7 Å². The molecule has 2 rings (SSSR count). The lowest BCUT2D eigenvalue weighted by atomic mass is 10.2. The summed E-state index contributed by atoms with van der Waals surface area (Å²) >= 11 is 9.35. The van der Waals surface area contributed by atoms with Gasteiger partial charge in [-0.05, 0) is 35.0 Å². The summed E-state index contributed by atoms with van der Waals surface area (Å²) in [6, 6.07) is 3.46. The van der Waals surface area contributed by atoms with Crippen LogP contribution < -0.4 is 0 Å². The fraction of sp³-hybridized carbons (Fsp3) is 0.200. The lowest BCUT2D eigenvalue weighted by Crippen LogP contribution is -2.04. The van der Waals surface area contributed by atoms with E-state index in [4.69, 9.17) is 16.3 Å². The van der Waals surface area contributed by atoms with Gasteiger partial charge in [0.25, 0.3) is 0 Å². The van der Waals surface area contributed by atoms with E-state index >= 15 is 0 Å². The lowest BCUT2D eigenvalue weighted by Gasteiger charge is -2.02. The second-order valence-corrected chi connectivity index (χ2v) is 4.26. The highest BCUT2D eigenvalue weighted by Crippen LogP contribution is 2.25. The SMILES string of the molecule is CCOC(=O)c1cnn2c(Br)ccc(Cl)c12. The molecular formula is C10H8BrClN2O2. The van der Waals surface area contributed by atoms with Gasteiger partial charge < -0.3 is 4.74 Å². The number of rotatable bonds is 2. The molecule has 2 heterocycles. The molecule has 0 saturated carbocycles. The number of carbonyl (C=O) groups is 1. The smallest absolute Gasteiger partial charge is 0.342 e. The fourth-order valence-electron chi connectivity index (χ4n) is 1.39. The van der Waals surface area contributed by atoms with Gasteiger partial charge in [-0.25, -0.2) is 9.31 Å². The van der Waals surface area contributed by atoms with Crippen LogP contribution in [0.3, 0.4) is 0 Å². The summed E-state index contributed by atoms with van der Waals surface area (Å²) in [6.07, 6.45) is 1.45. The third-order valence-electron chi connectivity index (χ3n) is 2.06. The van der Waals surface area contributed by atoms with Crippen LogP contribution in [-0.2, 0) is 4.74 Å². The Labute approximate surface area is 105 Å². The van der Waals surface area contributed by atoms with E-state index in [2.05, 4.69) is 21.0 Å². The van der Waals surface area contributed by atoms with Crippen molar-refractivity contribution in [3.05, 3.63) is 33.5 Å². The number of ether oxygens (including phenoxy) is 1. The molecule has 0 aliphatic rings. The summed E-state index contributed by atoms with van der Waals surface area (Å²) < 4.78 is 7.20. The second kappa shape index (κ2) is 4.43. The van der Waals surface area contributed by atoms with Crippen LogP contribution in [0.15, 0.2) is 22.9 Å². The first kappa shape index (κ1) is 11.4. The zero-order chi connectivity index (χ0) is 11.7. The molecule has 0 N–H and O–H groups in total. The van der Waals surface area contributed by atoms with E-state index in [9.17, 15) is 4.79 Å². The van der Waals surface area contributed by atoms with E-state index in [1.165, 1.54) is 6.20 Å². The molecule has 0 fully saturated rings. The molecule has 0 unspecified atom stereocenters. The highest BCUT2D eigenvalue weighted by molar-refractivity contribution is 9.10. The van der Waals surface area contributed by atoms with Crippen molar-refractivity contribution in [2.75, 3.05) is 6.61 Å².